The van der Waals surface area contributed by atoms with Crippen molar-refractivity contribution in [2.45, 2.75) is 25.0 Å². The molecule has 5 nitrogen and oxygen atoms in total. The van der Waals surface area contributed by atoms with Gasteiger partial charge in [-0.3, -0.25) is 0 Å². The molecule has 1 saturated heterocycles. The molecule has 1 aromatic heterocycles. The van der Waals surface area contributed by atoms with Crippen LogP contribution in [-0.2, 0) is 22.2 Å². The maximum absolute atomic E-state index is 12.5. The fourth-order valence-electron chi connectivity index (χ4n) is 3.13. The van der Waals surface area contributed by atoms with Gasteiger partial charge in [0.15, 0.2) is 0 Å². The number of nitrogens with zero attached hydrogens (tertiary/aromatic N) is 2. The number of halogens is 1. The van der Waals surface area contributed by atoms with Crippen LogP contribution in [0.3, 0.4) is 0 Å². The highest BCUT2D eigenvalue weighted by Crippen LogP contribution is 2.23. The van der Waals surface area contributed by atoms with E-state index < -0.39 is 10.0 Å². The Bertz CT molecular complexity index is 780. The van der Waals surface area contributed by atoms with Gasteiger partial charge in [-0.15, -0.1) is 12.4 Å². The summed E-state index contributed by atoms with van der Waals surface area (Å²) in [6, 6.07) is 5.94. The third kappa shape index (κ3) is 4.30. The van der Waals surface area contributed by atoms with Crippen molar-refractivity contribution >= 4 is 33.3 Å². The zero-order valence-electron chi connectivity index (χ0n) is 14.3. The molecule has 0 aliphatic carbocycles. The predicted octanol–water partition coefficient (Wildman–Crippen LogP) is 2.62. The van der Waals surface area contributed by atoms with E-state index in [-0.39, 0.29) is 18.2 Å². The Kier molecular flexibility index (Phi) is 6.31. The predicted molar refractivity (Wildman–Crippen MR) is 101 cm³/mol. The summed E-state index contributed by atoms with van der Waals surface area (Å²) in [5.74, 6) is 0.0985. The minimum Gasteiger partial charge on any atom is -0.361 e. The van der Waals surface area contributed by atoms with E-state index in [1.54, 1.807) is 4.31 Å². The topological polar surface area (TPSA) is 56.4 Å². The van der Waals surface area contributed by atoms with Crippen molar-refractivity contribution in [2.24, 2.45) is 0 Å². The molecule has 2 heterocycles. The van der Waals surface area contributed by atoms with Gasteiger partial charge in [0.2, 0.25) is 10.0 Å². The van der Waals surface area contributed by atoms with E-state index in [0.717, 1.165) is 42.3 Å². The molecule has 1 aliphatic heterocycles. The Hall–Kier alpha value is -1.08. The second kappa shape index (κ2) is 7.87. The standard InChI is InChI=1S/C17H25N3O2S.ClH/c1-19(2)10-7-15-12-18-17-6-5-14(11-16(15)17)13-23(21,22)20-8-3-4-9-20;/h5-6,11-12,18H,3-4,7-10,13H2,1-2H3;1H. The van der Waals surface area contributed by atoms with Crippen LogP contribution in [0.4, 0.5) is 0 Å². The average Bonchev–Trinajstić information content (AvgIpc) is 3.14. The number of sulfonamides is 1. The molecular weight excluding hydrogens is 346 g/mol. The smallest absolute Gasteiger partial charge is 0.218 e. The summed E-state index contributed by atoms with van der Waals surface area (Å²) in [4.78, 5) is 5.43. The Morgan fingerprint density at radius 3 is 2.58 bits per heavy atom. The van der Waals surface area contributed by atoms with Crippen LogP contribution in [0, 0.1) is 0 Å². The summed E-state index contributed by atoms with van der Waals surface area (Å²) in [5.41, 5.74) is 3.19. The fourth-order valence-corrected chi connectivity index (χ4v) is 4.73. The van der Waals surface area contributed by atoms with Crippen LogP contribution in [0.5, 0.6) is 0 Å². The van der Waals surface area contributed by atoms with Crippen molar-refractivity contribution in [3.05, 3.63) is 35.5 Å². The number of hydrogen-bond acceptors (Lipinski definition) is 3. The first kappa shape index (κ1) is 19.2. The molecule has 1 fully saturated rings. The number of rotatable bonds is 6. The summed E-state index contributed by atoms with van der Waals surface area (Å²) in [5, 5.41) is 1.14. The van der Waals surface area contributed by atoms with E-state index >= 15 is 0 Å². The first-order valence-corrected chi connectivity index (χ1v) is 9.78. The van der Waals surface area contributed by atoms with E-state index in [4.69, 9.17) is 0 Å². The lowest BCUT2D eigenvalue weighted by Gasteiger charge is -2.15. The molecule has 2 aromatic rings. The van der Waals surface area contributed by atoms with Crippen LogP contribution in [-0.4, -0.2) is 56.3 Å². The van der Waals surface area contributed by atoms with Crippen molar-refractivity contribution in [1.82, 2.24) is 14.2 Å². The Morgan fingerprint density at radius 1 is 1.21 bits per heavy atom. The van der Waals surface area contributed by atoms with E-state index in [1.807, 2.05) is 24.4 Å². The highest BCUT2D eigenvalue weighted by molar-refractivity contribution is 7.88. The minimum atomic E-state index is -3.19. The van der Waals surface area contributed by atoms with Gasteiger partial charge in [0.1, 0.15) is 0 Å². The van der Waals surface area contributed by atoms with Gasteiger partial charge in [-0.1, -0.05) is 6.07 Å². The zero-order valence-corrected chi connectivity index (χ0v) is 15.9. The molecule has 0 unspecified atom stereocenters. The van der Waals surface area contributed by atoms with Gasteiger partial charge >= 0.3 is 0 Å². The van der Waals surface area contributed by atoms with Gasteiger partial charge < -0.3 is 9.88 Å². The Morgan fingerprint density at radius 2 is 1.92 bits per heavy atom. The second-order valence-corrected chi connectivity index (χ2v) is 8.58. The van der Waals surface area contributed by atoms with Crippen molar-refractivity contribution in [1.29, 1.82) is 0 Å². The number of benzene rings is 1. The van der Waals surface area contributed by atoms with Crippen LogP contribution in [0.1, 0.15) is 24.0 Å². The van der Waals surface area contributed by atoms with Crippen LogP contribution in [0.25, 0.3) is 10.9 Å². The summed E-state index contributed by atoms with van der Waals surface area (Å²) in [6.45, 7) is 2.31. The molecule has 0 saturated carbocycles. The molecule has 0 atom stereocenters. The lowest BCUT2D eigenvalue weighted by Crippen LogP contribution is -2.29. The van der Waals surface area contributed by atoms with Crippen molar-refractivity contribution in [3.8, 4) is 0 Å². The van der Waals surface area contributed by atoms with Crippen LogP contribution >= 0.6 is 12.4 Å². The summed E-state index contributed by atoms with van der Waals surface area (Å²) < 4.78 is 26.6. The zero-order chi connectivity index (χ0) is 16.4. The molecule has 0 radical (unpaired) electrons. The molecular formula is C17H26ClN3O2S. The molecule has 1 aromatic carbocycles. The van der Waals surface area contributed by atoms with E-state index in [2.05, 4.69) is 24.0 Å². The summed E-state index contributed by atoms with van der Waals surface area (Å²) in [6.07, 6.45) is 4.94. The van der Waals surface area contributed by atoms with Crippen molar-refractivity contribution in [3.63, 3.8) is 0 Å². The molecule has 24 heavy (non-hydrogen) atoms. The van der Waals surface area contributed by atoms with Gasteiger partial charge in [0.05, 0.1) is 5.75 Å². The minimum absolute atomic E-state index is 0. The molecule has 1 N–H and O–H groups in total. The lowest BCUT2D eigenvalue weighted by atomic mass is 10.1. The molecule has 1 aliphatic rings. The highest BCUT2D eigenvalue weighted by atomic mass is 35.5. The number of H-pyrrole nitrogens is 1. The Labute approximate surface area is 150 Å². The van der Waals surface area contributed by atoms with Gasteiger partial charge in [-0.2, -0.15) is 0 Å². The lowest BCUT2D eigenvalue weighted by molar-refractivity contribution is 0.414. The van der Waals surface area contributed by atoms with Crippen molar-refractivity contribution in [2.75, 3.05) is 33.7 Å². The maximum atomic E-state index is 12.5. The van der Waals surface area contributed by atoms with E-state index in [1.165, 1.54) is 5.56 Å². The number of fused-ring (bicyclic) bond motifs is 1. The van der Waals surface area contributed by atoms with E-state index in [0.29, 0.717) is 13.1 Å². The summed E-state index contributed by atoms with van der Waals surface area (Å²) in [7, 11) is 0.928. The number of aromatic nitrogens is 1. The van der Waals surface area contributed by atoms with Gasteiger partial charge in [-0.05, 0) is 56.6 Å². The normalized spacial score (nSPS) is 16.0. The first-order valence-electron chi connectivity index (χ1n) is 8.17. The molecule has 0 bridgehead atoms. The molecule has 3 rings (SSSR count). The average molecular weight is 372 g/mol. The van der Waals surface area contributed by atoms with Crippen molar-refractivity contribution < 1.29 is 8.42 Å². The van der Waals surface area contributed by atoms with Gasteiger partial charge in [0.25, 0.3) is 0 Å². The largest absolute Gasteiger partial charge is 0.361 e. The van der Waals surface area contributed by atoms with Crippen LogP contribution < -0.4 is 0 Å². The second-order valence-electron chi connectivity index (χ2n) is 6.61. The van der Waals surface area contributed by atoms with E-state index in [9.17, 15) is 8.42 Å². The maximum Gasteiger partial charge on any atom is 0.218 e. The number of nitrogens with one attached hydrogen (secondary N) is 1. The third-order valence-corrected chi connectivity index (χ3v) is 6.32. The fraction of sp³-hybridized carbons (Fsp3) is 0.529. The quantitative estimate of drug-likeness (QED) is 0.849. The summed E-state index contributed by atoms with van der Waals surface area (Å²) >= 11 is 0. The van der Waals surface area contributed by atoms with Gasteiger partial charge in [0, 0.05) is 36.7 Å². The SMILES string of the molecule is CN(C)CCc1c[nH]c2ccc(CS(=O)(=O)N3CCCC3)cc12.Cl. The molecule has 0 spiro atoms. The monoisotopic (exact) mass is 371 g/mol. The van der Waals surface area contributed by atoms with Gasteiger partial charge in [-0.25, -0.2) is 12.7 Å². The van der Waals surface area contributed by atoms with Crippen LogP contribution in [0.15, 0.2) is 24.4 Å². The Balaban J connectivity index is 0.00000208. The molecule has 134 valence electrons. The number of hydrogen-bond donors (Lipinski definition) is 1. The molecule has 0 amide bonds. The third-order valence-electron chi connectivity index (χ3n) is 4.47. The first-order chi connectivity index (χ1) is 11.0. The van der Waals surface area contributed by atoms with Crippen LogP contribution in [0.2, 0.25) is 0 Å². The number of aromatic amines is 1. The molecule has 7 heteroatoms. The highest BCUT2D eigenvalue weighted by Gasteiger charge is 2.25. The number of likely N-dealkylation sites (N-methyl/N-ethyl adjacent to an activating group) is 1.